The first-order chi connectivity index (χ1) is 12.8. The quantitative estimate of drug-likeness (QED) is 0.566. The van der Waals surface area contributed by atoms with Crippen LogP contribution < -0.4 is 10.1 Å². The highest BCUT2D eigenvalue weighted by molar-refractivity contribution is 6.30. The van der Waals surface area contributed by atoms with E-state index in [1.54, 1.807) is 13.4 Å². The summed E-state index contributed by atoms with van der Waals surface area (Å²) in [4.78, 5) is 0. The van der Waals surface area contributed by atoms with Gasteiger partial charge in [0.25, 0.3) is 0 Å². The Bertz CT molecular complexity index is 954. The first-order valence-electron chi connectivity index (χ1n) is 8.36. The van der Waals surface area contributed by atoms with E-state index in [9.17, 15) is 0 Å². The van der Waals surface area contributed by atoms with Crippen molar-refractivity contribution < 1.29 is 9.47 Å². The molecule has 0 bridgehead atoms. The van der Waals surface area contributed by atoms with E-state index >= 15 is 0 Å². The second-order valence-electron chi connectivity index (χ2n) is 6.01. The van der Waals surface area contributed by atoms with Crippen LogP contribution in [0.2, 0.25) is 5.02 Å². The number of nitrogens with one attached hydrogen (secondary N) is 1. The number of methoxy groups -OCH3 is 1. The van der Waals surface area contributed by atoms with E-state index in [-0.39, 0.29) is 6.23 Å². The van der Waals surface area contributed by atoms with E-state index in [4.69, 9.17) is 21.1 Å². The first-order valence-corrected chi connectivity index (χ1v) is 8.74. The second kappa shape index (κ2) is 7.14. The van der Waals surface area contributed by atoms with Gasteiger partial charge in [0.15, 0.2) is 12.0 Å². The fraction of sp³-hybridized carbons (Fsp3) is 0.0909. The van der Waals surface area contributed by atoms with Gasteiger partial charge in [-0.15, -0.1) is 0 Å². The lowest BCUT2D eigenvalue weighted by atomic mass is 9.98. The van der Waals surface area contributed by atoms with Crippen LogP contribution in [0.4, 0.5) is 5.69 Å². The number of rotatable bonds is 4. The summed E-state index contributed by atoms with van der Waals surface area (Å²) in [6.45, 7) is 0. The summed E-state index contributed by atoms with van der Waals surface area (Å²) in [5, 5.41) is 4.12. The molecule has 0 saturated carbocycles. The Balaban J connectivity index is 1.76. The highest BCUT2D eigenvalue weighted by Gasteiger charge is 2.26. The summed E-state index contributed by atoms with van der Waals surface area (Å²) < 4.78 is 11.3. The minimum Gasteiger partial charge on any atom is -0.504 e. The molecule has 3 aromatic rings. The largest absolute Gasteiger partial charge is 0.504 e. The van der Waals surface area contributed by atoms with E-state index < -0.39 is 0 Å². The Hall–Kier alpha value is -2.91. The summed E-state index contributed by atoms with van der Waals surface area (Å²) >= 11 is 6.19. The molecule has 0 saturated heterocycles. The van der Waals surface area contributed by atoms with Gasteiger partial charge < -0.3 is 14.8 Å². The van der Waals surface area contributed by atoms with Gasteiger partial charge in [0.05, 0.1) is 19.1 Å². The molecule has 1 unspecified atom stereocenters. The molecule has 0 spiro atoms. The van der Waals surface area contributed by atoms with Gasteiger partial charge in [-0.3, -0.25) is 0 Å². The number of hydrogen-bond acceptors (Lipinski definition) is 3. The molecule has 0 aromatic heterocycles. The molecule has 3 nitrogen and oxygen atoms in total. The number of halogens is 1. The van der Waals surface area contributed by atoms with Crippen molar-refractivity contribution in [3.63, 3.8) is 0 Å². The average molecular weight is 364 g/mol. The van der Waals surface area contributed by atoms with Crippen LogP contribution in [0.15, 0.2) is 73.0 Å². The van der Waals surface area contributed by atoms with Gasteiger partial charge in [-0.2, -0.15) is 0 Å². The van der Waals surface area contributed by atoms with Crippen LogP contribution in [0.3, 0.4) is 0 Å². The van der Waals surface area contributed by atoms with Gasteiger partial charge in [0, 0.05) is 16.1 Å². The van der Waals surface area contributed by atoms with Gasteiger partial charge >= 0.3 is 0 Å². The predicted molar refractivity (Wildman–Crippen MR) is 106 cm³/mol. The van der Waals surface area contributed by atoms with Crippen LogP contribution in [0.25, 0.3) is 17.2 Å². The van der Waals surface area contributed by atoms with Crippen LogP contribution >= 0.6 is 11.6 Å². The van der Waals surface area contributed by atoms with Crippen molar-refractivity contribution in [1.82, 2.24) is 0 Å². The van der Waals surface area contributed by atoms with Crippen LogP contribution in [0.5, 0.6) is 5.75 Å². The Morgan fingerprint density at radius 2 is 1.85 bits per heavy atom. The summed E-state index contributed by atoms with van der Waals surface area (Å²) in [6.07, 6.45) is 3.35. The van der Waals surface area contributed by atoms with Crippen molar-refractivity contribution in [2.45, 2.75) is 6.23 Å². The van der Waals surface area contributed by atoms with Crippen molar-refractivity contribution in [2.24, 2.45) is 0 Å². The molecule has 1 N–H and O–H groups in total. The molecule has 0 amide bonds. The Kier molecular flexibility index (Phi) is 4.55. The molecule has 4 rings (SSSR count). The third-order valence-electron chi connectivity index (χ3n) is 4.33. The molecule has 4 heteroatoms. The zero-order valence-electron chi connectivity index (χ0n) is 14.3. The lowest BCUT2D eigenvalue weighted by Crippen LogP contribution is -2.09. The van der Waals surface area contributed by atoms with Crippen LogP contribution in [-0.4, -0.2) is 7.11 Å². The van der Waals surface area contributed by atoms with E-state index in [0.29, 0.717) is 5.02 Å². The van der Waals surface area contributed by atoms with Crippen molar-refractivity contribution in [3.05, 3.63) is 89.1 Å². The molecule has 1 heterocycles. The summed E-state index contributed by atoms with van der Waals surface area (Å²) in [7, 11) is 1.62. The van der Waals surface area contributed by atoms with Crippen molar-refractivity contribution in [2.75, 3.05) is 12.4 Å². The summed E-state index contributed by atoms with van der Waals surface area (Å²) in [5.74, 6) is 0.843. The molecule has 0 fully saturated rings. The molecule has 3 aromatic carbocycles. The van der Waals surface area contributed by atoms with Gasteiger partial charge in [0.2, 0.25) is 0 Å². The molecule has 1 aliphatic heterocycles. The summed E-state index contributed by atoms with van der Waals surface area (Å²) in [5.41, 5.74) is 5.09. The van der Waals surface area contributed by atoms with E-state index in [1.807, 2.05) is 54.6 Å². The number of anilines is 1. The normalized spacial score (nSPS) is 15.4. The van der Waals surface area contributed by atoms with E-state index in [0.717, 1.165) is 33.7 Å². The smallest absolute Gasteiger partial charge is 0.196 e. The zero-order chi connectivity index (χ0) is 17.9. The van der Waals surface area contributed by atoms with Gasteiger partial charge in [-0.25, -0.2) is 0 Å². The molecule has 26 heavy (non-hydrogen) atoms. The van der Waals surface area contributed by atoms with Crippen LogP contribution in [0.1, 0.15) is 17.4 Å². The van der Waals surface area contributed by atoms with Gasteiger partial charge in [0.1, 0.15) is 0 Å². The number of ether oxygens (including phenoxy) is 2. The van der Waals surface area contributed by atoms with Crippen LogP contribution in [0, 0.1) is 0 Å². The minimum absolute atomic E-state index is 0.197. The third kappa shape index (κ3) is 3.14. The Labute approximate surface area is 157 Å². The van der Waals surface area contributed by atoms with Gasteiger partial charge in [-0.05, 0) is 35.4 Å². The fourth-order valence-corrected chi connectivity index (χ4v) is 3.30. The minimum atomic E-state index is -0.197. The molecular formula is C22H18ClNO2. The maximum atomic E-state index is 6.27. The Morgan fingerprint density at radius 1 is 1.00 bits per heavy atom. The third-order valence-corrected chi connectivity index (χ3v) is 4.56. The maximum Gasteiger partial charge on any atom is 0.196 e. The second-order valence-corrected chi connectivity index (χ2v) is 6.44. The molecule has 0 radical (unpaired) electrons. The van der Waals surface area contributed by atoms with E-state index in [1.165, 1.54) is 0 Å². The van der Waals surface area contributed by atoms with Crippen molar-refractivity contribution in [3.8, 4) is 16.9 Å². The number of para-hydroxylation sites is 1. The number of hydrogen-bond donors (Lipinski definition) is 1. The van der Waals surface area contributed by atoms with E-state index in [2.05, 4.69) is 23.5 Å². The molecule has 1 atom stereocenters. The van der Waals surface area contributed by atoms with Gasteiger partial charge in [-0.1, -0.05) is 60.1 Å². The van der Waals surface area contributed by atoms with Crippen molar-refractivity contribution in [1.29, 1.82) is 0 Å². The standard InChI is InChI=1S/C22H18ClNO2/c1-25-13-12-16-14-17(23)10-11-18(16)19-8-5-9-20-21(19)26-22(24-20)15-6-3-2-4-7-15/h2-14,22,24H,1H3/b13-12+. The zero-order valence-corrected chi connectivity index (χ0v) is 15.0. The maximum absolute atomic E-state index is 6.27. The number of benzene rings is 3. The first kappa shape index (κ1) is 16.6. The predicted octanol–water partition coefficient (Wildman–Crippen LogP) is 6.13. The highest BCUT2D eigenvalue weighted by atomic mass is 35.5. The fourth-order valence-electron chi connectivity index (χ4n) is 3.12. The molecule has 1 aliphatic rings. The highest BCUT2D eigenvalue weighted by Crippen LogP contribution is 2.45. The monoisotopic (exact) mass is 363 g/mol. The molecule has 130 valence electrons. The lowest BCUT2D eigenvalue weighted by Gasteiger charge is -2.13. The summed E-state index contributed by atoms with van der Waals surface area (Å²) in [6, 6.07) is 22.1. The average Bonchev–Trinajstić information content (AvgIpc) is 3.12. The lowest BCUT2D eigenvalue weighted by molar-refractivity contribution is 0.261. The Morgan fingerprint density at radius 3 is 2.65 bits per heavy atom. The molecular weight excluding hydrogens is 346 g/mol. The topological polar surface area (TPSA) is 30.5 Å². The van der Waals surface area contributed by atoms with Crippen LogP contribution in [-0.2, 0) is 4.74 Å². The van der Waals surface area contributed by atoms with Crippen molar-refractivity contribution >= 4 is 23.4 Å². The molecule has 0 aliphatic carbocycles. The number of fused-ring (bicyclic) bond motifs is 1. The SMILES string of the molecule is CO/C=C/c1cc(Cl)ccc1-c1cccc2c1OC(c1ccccc1)N2.